The van der Waals surface area contributed by atoms with Gasteiger partial charge in [-0.15, -0.1) is 0 Å². The van der Waals surface area contributed by atoms with Crippen molar-refractivity contribution in [3.8, 4) is 0 Å². The van der Waals surface area contributed by atoms with Gasteiger partial charge in [0.25, 0.3) is 0 Å². The van der Waals surface area contributed by atoms with Crippen LogP contribution in [0.2, 0.25) is 0 Å². The number of aryl methyl sites for hydroxylation is 1. The van der Waals surface area contributed by atoms with Gasteiger partial charge in [0.2, 0.25) is 0 Å². The summed E-state index contributed by atoms with van der Waals surface area (Å²) in [5, 5.41) is 0. The first-order chi connectivity index (χ1) is 5.84. The van der Waals surface area contributed by atoms with E-state index in [9.17, 15) is 0 Å². The Morgan fingerprint density at radius 3 is 2.75 bits per heavy atom. The van der Waals surface area contributed by atoms with E-state index >= 15 is 0 Å². The van der Waals surface area contributed by atoms with E-state index in [1.165, 1.54) is 17.7 Å². The lowest BCUT2D eigenvalue weighted by Crippen LogP contribution is -1.94. The zero-order valence-electron chi connectivity index (χ0n) is 7.42. The number of thioether (sulfide) groups is 1. The molecule has 66 valence electrons. The molecule has 0 unspecified atom stereocenters. The van der Waals surface area contributed by atoms with Gasteiger partial charge in [0.1, 0.15) is 0 Å². The molecule has 0 aliphatic heterocycles. The van der Waals surface area contributed by atoms with E-state index in [0.717, 1.165) is 12.1 Å². The summed E-state index contributed by atoms with van der Waals surface area (Å²) >= 11 is 1.89. The van der Waals surface area contributed by atoms with Crippen LogP contribution in [0.3, 0.4) is 0 Å². The van der Waals surface area contributed by atoms with Crippen LogP contribution in [0.4, 0.5) is 5.69 Å². The highest BCUT2D eigenvalue weighted by Crippen LogP contribution is 2.13. The molecule has 0 saturated carbocycles. The van der Waals surface area contributed by atoms with Crippen molar-refractivity contribution in [3.05, 3.63) is 29.8 Å². The number of hydrogen-bond acceptors (Lipinski definition) is 2. The Balaban J connectivity index is 2.46. The highest BCUT2D eigenvalue weighted by molar-refractivity contribution is 7.98. The third-order valence-corrected chi connectivity index (χ3v) is 2.55. The molecule has 1 rings (SSSR count). The lowest BCUT2D eigenvalue weighted by molar-refractivity contribution is 0.937. The third kappa shape index (κ3) is 2.78. The van der Waals surface area contributed by atoms with Crippen LogP contribution < -0.4 is 5.73 Å². The standard InChI is InChI=1S/C10H15NS/c1-12-8-4-6-9-5-2-3-7-10(9)11/h2-3,5,7H,4,6,8,11H2,1H3. The van der Waals surface area contributed by atoms with E-state index in [0.29, 0.717) is 0 Å². The van der Waals surface area contributed by atoms with E-state index in [4.69, 9.17) is 5.73 Å². The number of hydrogen-bond donors (Lipinski definition) is 1. The summed E-state index contributed by atoms with van der Waals surface area (Å²) in [5.74, 6) is 1.22. The van der Waals surface area contributed by atoms with Crippen LogP contribution in [0.15, 0.2) is 24.3 Å². The monoisotopic (exact) mass is 181 g/mol. The molecule has 0 heterocycles. The molecule has 2 heteroatoms. The fraction of sp³-hybridized carbons (Fsp3) is 0.400. The SMILES string of the molecule is CSCCCc1ccccc1N. The number of benzene rings is 1. The van der Waals surface area contributed by atoms with E-state index < -0.39 is 0 Å². The van der Waals surface area contributed by atoms with Crippen molar-refractivity contribution in [2.75, 3.05) is 17.7 Å². The number of nitrogen functional groups attached to an aromatic ring is 1. The first-order valence-electron chi connectivity index (χ1n) is 4.17. The van der Waals surface area contributed by atoms with Crippen LogP contribution >= 0.6 is 11.8 Å². The van der Waals surface area contributed by atoms with Gasteiger partial charge in [0.15, 0.2) is 0 Å². The summed E-state index contributed by atoms with van der Waals surface area (Å²) in [5.41, 5.74) is 8.01. The van der Waals surface area contributed by atoms with Crippen LogP contribution in [0, 0.1) is 0 Å². The molecule has 0 radical (unpaired) electrons. The normalized spacial score (nSPS) is 10.1. The number of para-hydroxylation sites is 1. The molecule has 12 heavy (non-hydrogen) atoms. The summed E-state index contributed by atoms with van der Waals surface area (Å²) in [6.45, 7) is 0. The van der Waals surface area contributed by atoms with Crippen molar-refractivity contribution in [1.82, 2.24) is 0 Å². The second-order valence-corrected chi connectivity index (χ2v) is 3.78. The lowest BCUT2D eigenvalue weighted by atomic mass is 10.1. The Labute approximate surface area is 78.4 Å². The van der Waals surface area contributed by atoms with E-state index in [2.05, 4.69) is 12.3 Å². The molecule has 1 nitrogen and oxygen atoms in total. The van der Waals surface area contributed by atoms with Crippen LogP contribution in [0.1, 0.15) is 12.0 Å². The highest BCUT2D eigenvalue weighted by atomic mass is 32.2. The smallest absolute Gasteiger partial charge is 0.0346 e. The van der Waals surface area contributed by atoms with Gasteiger partial charge in [-0.2, -0.15) is 11.8 Å². The van der Waals surface area contributed by atoms with Crippen molar-refractivity contribution in [3.63, 3.8) is 0 Å². The Morgan fingerprint density at radius 2 is 2.08 bits per heavy atom. The molecule has 0 spiro atoms. The molecule has 2 N–H and O–H groups in total. The van der Waals surface area contributed by atoms with Crippen LogP contribution in [-0.4, -0.2) is 12.0 Å². The van der Waals surface area contributed by atoms with Crippen LogP contribution in [0.5, 0.6) is 0 Å². The number of anilines is 1. The second-order valence-electron chi connectivity index (χ2n) is 2.80. The van der Waals surface area contributed by atoms with Gasteiger partial charge in [-0.05, 0) is 36.5 Å². The Kier molecular flexibility index (Phi) is 4.01. The number of nitrogens with two attached hydrogens (primary N) is 1. The minimum Gasteiger partial charge on any atom is -0.399 e. The van der Waals surface area contributed by atoms with Crippen molar-refractivity contribution in [2.24, 2.45) is 0 Å². The third-order valence-electron chi connectivity index (χ3n) is 1.85. The summed E-state index contributed by atoms with van der Waals surface area (Å²) in [6, 6.07) is 8.10. The maximum absolute atomic E-state index is 5.80. The topological polar surface area (TPSA) is 26.0 Å². The Hall–Kier alpha value is -0.630. The molecule has 0 fully saturated rings. The predicted molar refractivity (Wildman–Crippen MR) is 57.6 cm³/mol. The maximum atomic E-state index is 5.80. The van der Waals surface area contributed by atoms with Gasteiger partial charge < -0.3 is 5.73 Å². The number of rotatable bonds is 4. The summed E-state index contributed by atoms with van der Waals surface area (Å²) < 4.78 is 0. The van der Waals surface area contributed by atoms with Crippen molar-refractivity contribution in [1.29, 1.82) is 0 Å². The zero-order chi connectivity index (χ0) is 8.81. The first-order valence-corrected chi connectivity index (χ1v) is 5.56. The molecule has 0 aliphatic carbocycles. The van der Waals surface area contributed by atoms with Crippen molar-refractivity contribution < 1.29 is 0 Å². The van der Waals surface area contributed by atoms with E-state index in [1.54, 1.807) is 0 Å². The Morgan fingerprint density at radius 1 is 1.33 bits per heavy atom. The lowest BCUT2D eigenvalue weighted by Gasteiger charge is -2.03. The highest BCUT2D eigenvalue weighted by Gasteiger charge is 1.95. The summed E-state index contributed by atoms with van der Waals surface area (Å²) in [4.78, 5) is 0. The van der Waals surface area contributed by atoms with Crippen molar-refractivity contribution in [2.45, 2.75) is 12.8 Å². The van der Waals surface area contributed by atoms with Gasteiger partial charge in [0.05, 0.1) is 0 Å². The summed E-state index contributed by atoms with van der Waals surface area (Å²) in [7, 11) is 0. The average Bonchev–Trinajstić information content (AvgIpc) is 2.09. The van der Waals surface area contributed by atoms with Crippen LogP contribution in [-0.2, 0) is 6.42 Å². The zero-order valence-corrected chi connectivity index (χ0v) is 8.23. The molecular formula is C10H15NS. The van der Waals surface area contributed by atoms with E-state index in [1.807, 2.05) is 30.0 Å². The average molecular weight is 181 g/mol. The quantitative estimate of drug-likeness (QED) is 0.570. The molecule has 0 saturated heterocycles. The second kappa shape index (κ2) is 5.09. The molecule has 0 aliphatic rings. The molecule has 1 aromatic rings. The van der Waals surface area contributed by atoms with Crippen molar-refractivity contribution >= 4 is 17.4 Å². The Bertz CT molecular complexity index is 235. The minimum absolute atomic E-state index is 0.929. The maximum Gasteiger partial charge on any atom is 0.0346 e. The minimum atomic E-state index is 0.929. The predicted octanol–water partition coefficient (Wildman–Crippen LogP) is 2.56. The van der Waals surface area contributed by atoms with Gasteiger partial charge in [-0.1, -0.05) is 18.2 Å². The van der Waals surface area contributed by atoms with Gasteiger partial charge in [-0.25, -0.2) is 0 Å². The van der Waals surface area contributed by atoms with Gasteiger partial charge in [0, 0.05) is 5.69 Å². The molecule has 0 aromatic heterocycles. The molecule has 0 atom stereocenters. The van der Waals surface area contributed by atoms with E-state index in [-0.39, 0.29) is 0 Å². The van der Waals surface area contributed by atoms with Gasteiger partial charge >= 0.3 is 0 Å². The fourth-order valence-electron chi connectivity index (χ4n) is 1.17. The fourth-order valence-corrected chi connectivity index (χ4v) is 1.60. The first kappa shape index (κ1) is 9.46. The van der Waals surface area contributed by atoms with Gasteiger partial charge in [-0.3, -0.25) is 0 Å². The molecule has 0 bridgehead atoms. The molecular weight excluding hydrogens is 166 g/mol. The largest absolute Gasteiger partial charge is 0.399 e. The molecule has 1 aromatic carbocycles. The summed E-state index contributed by atoms with van der Waals surface area (Å²) in [6.07, 6.45) is 4.46. The molecule has 0 amide bonds. The van der Waals surface area contributed by atoms with Crippen LogP contribution in [0.25, 0.3) is 0 Å².